The Morgan fingerprint density at radius 2 is 2.20 bits per heavy atom. The second-order valence-corrected chi connectivity index (χ2v) is 3.87. The van der Waals surface area contributed by atoms with Gasteiger partial charge in [-0.25, -0.2) is 9.18 Å². The van der Waals surface area contributed by atoms with Crippen molar-refractivity contribution in [3.63, 3.8) is 0 Å². The number of H-pyrrole nitrogens is 1. The molecule has 0 unspecified atom stereocenters. The third-order valence-electron chi connectivity index (χ3n) is 2.72. The minimum absolute atomic E-state index is 0.183. The average molecular weight is 204 g/mol. The molecule has 0 amide bonds. The first-order valence-corrected chi connectivity index (χ1v) is 4.94. The molecule has 0 spiro atoms. The molecule has 1 heterocycles. The van der Waals surface area contributed by atoms with Gasteiger partial charge in [-0.05, 0) is 24.8 Å². The van der Waals surface area contributed by atoms with E-state index in [4.69, 9.17) is 0 Å². The Morgan fingerprint density at radius 1 is 1.40 bits per heavy atom. The summed E-state index contributed by atoms with van der Waals surface area (Å²) in [6.07, 6.45) is 2.12. The molecule has 1 N–H and O–H groups in total. The molecular weight excluding hydrogens is 195 g/mol. The highest BCUT2D eigenvalue weighted by Gasteiger charge is 2.27. The molecule has 15 heavy (non-hydrogen) atoms. The van der Waals surface area contributed by atoms with Crippen LogP contribution >= 0.6 is 0 Å². The van der Waals surface area contributed by atoms with Crippen LogP contribution < -0.4 is 5.69 Å². The first-order valence-electron chi connectivity index (χ1n) is 4.94. The van der Waals surface area contributed by atoms with Gasteiger partial charge in [-0.3, -0.25) is 0 Å². The molecular formula is C11H9FN2O. The van der Waals surface area contributed by atoms with Crippen LogP contribution in [0.1, 0.15) is 24.5 Å². The molecule has 1 aliphatic carbocycles. The van der Waals surface area contributed by atoms with Gasteiger partial charge >= 0.3 is 5.69 Å². The lowest BCUT2D eigenvalue weighted by atomic mass is 10.1. The highest BCUT2D eigenvalue weighted by Crippen LogP contribution is 2.41. The zero-order chi connectivity index (χ0) is 10.4. The van der Waals surface area contributed by atoms with Crippen molar-refractivity contribution < 1.29 is 4.39 Å². The minimum atomic E-state index is -0.463. The third kappa shape index (κ3) is 1.33. The number of halogens is 1. The van der Waals surface area contributed by atoms with Crippen molar-refractivity contribution in [1.29, 1.82) is 0 Å². The van der Waals surface area contributed by atoms with Gasteiger partial charge in [-0.2, -0.15) is 4.98 Å². The number of para-hydroxylation sites is 1. The molecule has 1 aliphatic rings. The molecule has 0 saturated heterocycles. The zero-order valence-electron chi connectivity index (χ0n) is 7.96. The van der Waals surface area contributed by atoms with Gasteiger partial charge in [0, 0.05) is 11.1 Å². The Balaban J connectivity index is 2.43. The smallest absolute Gasteiger partial charge is 0.309 e. The molecule has 76 valence electrons. The lowest BCUT2D eigenvalue weighted by molar-refractivity contribution is 0.635. The van der Waals surface area contributed by atoms with Crippen molar-refractivity contribution in [2.75, 3.05) is 0 Å². The fraction of sp³-hybridized carbons (Fsp3) is 0.273. The van der Waals surface area contributed by atoms with Crippen molar-refractivity contribution >= 4 is 10.9 Å². The summed E-state index contributed by atoms with van der Waals surface area (Å²) in [4.78, 5) is 17.6. The maximum absolute atomic E-state index is 13.4. The molecule has 0 bridgehead atoms. The van der Waals surface area contributed by atoms with Crippen LogP contribution in [0.15, 0.2) is 23.0 Å². The summed E-state index contributed by atoms with van der Waals surface area (Å²) in [7, 11) is 0. The molecule has 2 aromatic rings. The van der Waals surface area contributed by atoms with Crippen molar-refractivity contribution in [3.8, 4) is 0 Å². The number of fused-ring (bicyclic) bond motifs is 1. The van der Waals surface area contributed by atoms with Gasteiger partial charge in [0.1, 0.15) is 11.3 Å². The van der Waals surface area contributed by atoms with Crippen molar-refractivity contribution in [1.82, 2.24) is 9.97 Å². The standard InChI is InChI=1S/C11H9FN2O/c12-8-3-1-2-7-9(6-4-5-6)13-11(15)14-10(7)8/h1-3,6H,4-5H2,(H,13,14,15). The fourth-order valence-corrected chi connectivity index (χ4v) is 1.85. The number of rotatable bonds is 1. The molecule has 0 aliphatic heterocycles. The predicted molar refractivity (Wildman–Crippen MR) is 54.3 cm³/mol. The molecule has 1 saturated carbocycles. The van der Waals surface area contributed by atoms with Crippen LogP contribution in [0.25, 0.3) is 10.9 Å². The maximum atomic E-state index is 13.4. The van der Waals surface area contributed by atoms with Gasteiger partial charge < -0.3 is 4.98 Å². The predicted octanol–water partition coefficient (Wildman–Crippen LogP) is 1.94. The summed E-state index contributed by atoms with van der Waals surface area (Å²) in [5, 5.41) is 0.733. The third-order valence-corrected chi connectivity index (χ3v) is 2.72. The van der Waals surface area contributed by atoms with Gasteiger partial charge in [-0.1, -0.05) is 12.1 Å². The molecule has 4 heteroatoms. The van der Waals surface area contributed by atoms with Crippen LogP contribution in [0.3, 0.4) is 0 Å². The summed E-state index contributed by atoms with van der Waals surface area (Å²) >= 11 is 0. The maximum Gasteiger partial charge on any atom is 0.345 e. The Hall–Kier alpha value is -1.71. The van der Waals surface area contributed by atoms with E-state index < -0.39 is 11.5 Å². The Bertz CT molecular complexity index is 587. The van der Waals surface area contributed by atoms with Gasteiger partial charge in [0.2, 0.25) is 0 Å². The molecule has 3 nitrogen and oxygen atoms in total. The number of nitrogens with one attached hydrogen (secondary N) is 1. The first kappa shape index (κ1) is 8.59. The van der Waals surface area contributed by atoms with Gasteiger partial charge in [0.15, 0.2) is 0 Å². The lowest BCUT2D eigenvalue weighted by Gasteiger charge is -2.03. The zero-order valence-corrected chi connectivity index (χ0v) is 7.96. The second-order valence-electron chi connectivity index (χ2n) is 3.87. The number of nitrogens with zero attached hydrogens (tertiary/aromatic N) is 1. The van der Waals surface area contributed by atoms with E-state index in [2.05, 4.69) is 9.97 Å². The van der Waals surface area contributed by atoms with Crippen LogP contribution in [0.2, 0.25) is 0 Å². The topological polar surface area (TPSA) is 45.8 Å². The van der Waals surface area contributed by atoms with E-state index >= 15 is 0 Å². The second kappa shape index (κ2) is 2.89. The van der Waals surface area contributed by atoms with Gasteiger partial charge in [0.05, 0.1) is 0 Å². The molecule has 3 rings (SSSR count). The van der Waals surface area contributed by atoms with Crippen LogP contribution in [0, 0.1) is 5.82 Å². The van der Waals surface area contributed by atoms with E-state index in [9.17, 15) is 9.18 Å². The SMILES string of the molecule is O=c1nc2c(F)cccc2c(C2CC2)[nH]1. The summed E-state index contributed by atoms with van der Waals surface area (Å²) in [5.74, 6) is -0.0505. The lowest BCUT2D eigenvalue weighted by Crippen LogP contribution is -2.13. The van der Waals surface area contributed by atoms with E-state index in [1.165, 1.54) is 6.07 Å². The average Bonchev–Trinajstić information content (AvgIpc) is 3.02. The number of hydrogen-bond donors (Lipinski definition) is 1. The van der Waals surface area contributed by atoms with Gasteiger partial charge in [0.25, 0.3) is 0 Å². The van der Waals surface area contributed by atoms with Crippen LogP contribution in [0.5, 0.6) is 0 Å². The van der Waals surface area contributed by atoms with Crippen molar-refractivity contribution in [2.45, 2.75) is 18.8 Å². The van der Waals surface area contributed by atoms with E-state index in [0.717, 1.165) is 23.9 Å². The molecule has 1 aromatic carbocycles. The highest BCUT2D eigenvalue weighted by atomic mass is 19.1. The largest absolute Gasteiger partial charge is 0.345 e. The number of benzene rings is 1. The monoisotopic (exact) mass is 204 g/mol. The first-order chi connectivity index (χ1) is 7.25. The van der Waals surface area contributed by atoms with Crippen LogP contribution in [0.4, 0.5) is 4.39 Å². The van der Waals surface area contributed by atoms with E-state index in [-0.39, 0.29) is 5.52 Å². The number of aromatic amines is 1. The number of aromatic nitrogens is 2. The van der Waals surface area contributed by atoms with E-state index in [1.807, 2.05) is 0 Å². The van der Waals surface area contributed by atoms with Crippen LogP contribution in [-0.2, 0) is 0 Å². The quantitative estimate of drug-likeness (QED) is 0.771. The normalized spacial score (nSPS) is 15.8. The van der Waals surface area contributed by atoms with Gasteiger partial charge in [-0.15, -0.1) is 0 Å². The summed E-state index contributed by atoms with van der Waals surface area (Å²) in [5.41, 5.74) is 0.558. The molecule has 0 radical (unpaired) electrons. The Labute approximate surface area is 85.0 Å². The summed E-state index contributed by atoms with van der Waals surface area (Å²) in [6.45, 7) is 0. The Morgan fingerprint density at radius 3 is 2.93 bits per heavy atom. The number of hydrogen-bond acceptors (Lipinski definition) is 2. The van der Waals surface area contributed by atoms with Crippen molar-refractivity contribution in [3.05, 3.63) is 40.2 Å². The molecule has 0 atom stereocenters. The highest BCUT2D eigenvalue weighted by molar-refractivity contribution is 5.81. The van der Waals surface area contributed by atoms with Crippen LogP contribution in [-0.4, -0.2) is 9.97 Å². The summed E-state index contributed by atoms with van der Waals surface area (Å²) < 4.78 is 13.4. The Kier molecular flexibility index (Phi) is 1.65. The fourth-order valence-electron chi connectivity index (χ4n) is 1.85. The minimum Gasteiger partial charge on any atom is -0.309 e. The van der Waals surface area contributed by atoms with E-state index in [0.29, 0.717) is 5.92 Å². The van der Waals surface area contributed by atoms with E-state index in [1.54, 1.807) is 12.1 Å². The molecule has 1 fully saturated rings. The molecule has 1 aromatic heterocycles. The summed E-state index contributed by atoms with van der Waals surface area (Å²) in [6, 6.07) is 4.77. The van der Waals surface area contributed by atoms with Crippen molar-refractivity contribution in [2.24, 2.45) is 0 Å².